The predicted molar refractivity (Wildman–Crippen MR) is 119 cm³/mol. The van der Waals surface area contributed by atoms with Gasteiger partial charge in [0.1, 0.15) is 12.4 Å². The Kier molecular flexibility index (Phi) is 9.87. The zero-order chi connectivity index (χ0) is 20.4. The highest BCUT2D eigenvalue weighted by molar-refractivity contribution is 5.89. The first-order valence-corrected chi connectivity index (χ1v) is 8.53. The van der Waals surface area contributed by atoms with Crippen LogP contribution < -0.4 is 0 Å². The van der Waals surface area contributed by atoms with Crippen LogP contribution in [-0.4, -0.2) is 31.2 Å². The largest absolute Gasteiger partial charge is 0.454 e. The Morgan fingerprint density at radius 2 is 1.66 bits per heavy atom. The molecule has 0 aliphatic carbocycles. The zero-order valence-electron chi connectivity index (χ0n) is 15.5. The van der Waals surface area contributed by atoms with Gasteiger partial charge in [0.05, 0.1) is 11.9 Å². The van der Waals surface area contributed by atoms with Gasteiger partial charge in [0.15, 0.2) is 0 Å². The maximum Gasteiger partial charge on any atom is 0.203 e. The van der Waals surface area contributed by atoms with Gasteiger partial charge in [0, 0.05) is 49.0 Å². The van der Waals surface area contributed by atoms with Gasteiger partial charge in [-0.3, -0.25) is 15.0 Å². The van der Waals surface area contributed by atoms with E-state index in [9.17, 15) is 0 Å². The third kappa shape index (κ3) is 9.17. The van der Waals surface area contributed by atoms with Gasteiger partial charge >= 0.3 is 0 Å². The number of nitrogens with zero attached hydrogens (tertiary/aromatic N) is 6. The molecule has 0 bridgehead atoms. The number of allylic oxidation sites excluding steroid dienone is 6. The average molecular weight is 382 g/mol. The van der Waals surface area contributed by atoms with Gasteiger partial charge in [-0.15, -0.1) is 0 Å². The molecule has 0 amide bonds. The van der Waals surface area contributed by atoms with Crippen molar-refractivity contribution in [2.75, 3.05) is 0 Å². The van der Waals surface area contributed by atoms with Gasteiger partial charge in [-0.1, -0.05) is 24.3 Å². The molecule has 0 spiro atoms. The lowest BCUT2D eigenvalue weighted by Crippen LogP contribution is -1.81. The van der Waals surface area contributed by atoms with Crippen LogP contribution in [0.15, 0.2) is 110 Å². The highest BCUT2D eigenvalue weighted by Crippen LogP contribution is 2.16. The van der Waals surface area contributed by atoms with Crippen LogP contribution in [0.2, 0.25) is 0 Å². The van der Waals surface area contributed by atoms with Crippen molar-refractivity contribution in [1.82, 2.24) is 0 Å². The Hall–Kier alpha value is -4.44. The van der Waals surface area contributed by atoms with Crippen molar-refractivity contribution < 1.29 is 4.74 Å². The van der Waals surface area contributed by atoms with Crippen molar-refractivity contribution in [1.29, 1.82) is 5.26 Å². The minimum Gasteiger partial charge on any atom is -0.454 e. The molecule has 0 N–H and O–H groups in total. The summed E-state index contributed by atoms with van der Waals surface area (Å²) < 4.78 is 5.19. The zero-order valence-corrected chi connectivity index (χ0v) is 15.5. The van der Waals surface area contributed by atoms with Crippen molar-refractivity contribution in [2.45, 2.75) is 0 Å². The van der Waals surface area contributed by atoms with Crippen LogP contribution in [0, 0.1) is 11.3 Å². The fourth-order valence-corrected chi connectivity index (χ4v) is 1.83. The van der Waals surface area contributed by atoms with Gasteiger partial charge in [-0.2, -0.15) is 5.26 Å². The Morgan fingerprint density at radius 1 is 0.793 bits per heavy atom. The second-order valence-electron chi connectivity index (χ2n) is 5.09. The summed E-state index contributed by atoms with van der Waals surface area (Å²) >= 11 is 0. The highest BCUT2D eigenvalue weighted by atomic mass is 16.5. The quantitative estimate of drug-likeness (QED) is 0.662. The summed E-state index contributed by atoms with van der Waals surface area (Å²) in [5.41, 5.74) is 1.65. The summed E-state index contributed by atoms with van der Waals surface area (Å²) in [4.78, 5) is 20.6. The molecule has 7 heteroatoms. The molecule has 29 heavy (non-hydrogen) atoms. The van der Waals surface area contributed by atoms with Crippen molar-refractivity contribution in [3.63, 3.8) is 0 Å². The van der Waals surface area contributed by atoms with E-state index in [0.717, 1.165) is 11.3 Å². The van der Waals surface area contributed by atoms with E-state index in [1.807, 2.05) is 30.3 Å². The van der Waals surface area contributed by atoms with Crippen molar-refractivity contribution in [3.8, 4) is 6.07 Å². The van der Waals surface area contributed by atoms with E-state index in [0.29, 0.717) is 0 Å². The molecule has 7 nitrogen and oxygen atoms in total. The molecule has 1 heterocycles. The molecule has 0 aromatic heterocycles. The summed E-state index contributed by atoms with van der Waals surface area (Å²) in [6, 6.07) is 9.56. The van der Waals surface area contributed by atoms with Gasteiger partial charge < -0.3 is 4.74 Å². The molecule has 1 aliphatic rings. The van der Waals surface area contributed by atoms with Gasteiger partial charge in [0.25, 0.3) is 0 Å². The molecule has 0 unspecified atom stereocenters. The monoisotopic (exact) mass is 382 g/mol. The molecule has 0 saturated carbocycles. The molecule has 2 rings (SSSR count). The molecule has 0 fully saturated rings. The normalized spacial score (nSPS) is 14.8. The molecule has 0 atom stereocenters. The SMILES string of the molecule is N#CC1=CC=CC=NC=NC=CC=Nc2ccccc2C=NC=CN=CC=CO1. The number of rotatable bonds is 0. The van der Waals surface area contributed by atoms with E-state index in [-0.39, 0.29) is 5.76 Å². The number of hydrogen-bond donors (Lipinski definition) is 0. The van der Waals surface area contributed by atoms with Crippen molar-refractivity contribution >= 4 is 36.9 Å². The van der Waals surface area contributed by atoms with Crippen LogP contribution in [0.25, 0.3) is 0 Å². The summed E-state index contributed by atoms with van der Waals surface area (Å²) in [5.74, 6) is 0.132. The first-order valence-electron chi connectivity index (χ1n) is 8.53. The van der Waals surface area contributed by atoms with Crippen LogP contribution in [0.5, 0.6) is 0 Å². The van der Waals surface area contributed by atoms with Crippen LogP contribution in [0.4, 0.5) is 5.69 Å². The van der Waals surface area contributed by atoms with Gasteiger partial charge in [-0.05, 0) is 30.4 Å². The standard InChI is InChI=1S/C22H18N6O/c23-17-21-8-3-4-10-26-19-27-11-5-13-28-22-9-2-1-7-20(22)18-25-15-14-24-12-6-16-29-21/h1-16,18-19H. The average Bonchev–Trinajstić information content (AvgIpc) is 2.75. The van der Waals surface area contributed by atoms with Gasteiger partial charge in [0.2, 0.25) is 5.76 Å². The summed E-state index contributed by atoms with van der Waals surface area (Å²) in [7, 11) is 0. The lowest BCUT2D eigenvalue weighted by molar-refractivity contribution is 0.372. The highest BCUT2D eigenvalue weighted by Gasteiger charge is 1.94. The number of aliphatic imine (C=N–C) groups is 5. The second-order valence-corrected chi connectivity index (χ2v) is 5.09. The number of benzene rings is 1. The Morgan fingerprint density at radius 3 is 2.59 bits per heavy atom. The van der Waals surface area contributed by atoms with Crippen molar-refractivity contribution in [2.24, 2.45) is 25.0 Å². The third-order valence-corrected chi connectivity index (χ3v) is 3.08. The minimum absolute atomic E-state index is 0.132. The number of fused-ring (bicyclic) bond motifs is 1. The second kappa shape index (κ2) is 13.7. The molecule has 0 saturated heterocycles. The van der Waals surface area contributed by atoms with E-state index in [1.165, 1.54) is 37.3 Å². The van der Waals surface area contributed by atoms with E-state index in [2.05, 4.69) is 25.0 Å². The first kappa shape index (κ1) is 20.9. The summed E-state index contributed by atoms with van der Waals surface area (Å²) in [6.45, 7) is 0. The predicted octanol–water partition coefficient (Wildman–Crippen LogP) is 4.47. The van der Waals surface area contributed by atoms with E-state index in [4.69, 9.17) is 10.00 Å². The fraction of sp³-hybridized carbons (Fsp3) is 0. The first-order chi connectivity index (χ1) is 14.4. The molecule has 1 aromatic rings. The van der Waals surface area contributed by atoms with Crippen LogP contribution >= 0.6 is 0 Å². The molecule has 1 aromatic carbocycles. The molecule has 1 aliphatic heterocycles. The Labute approximate surface area is 169 Å². The smallest absolute Gasteiger partial charge is 0.203 e. The lowest BCUT2D eigenvalue weighted by Gasteiger charge is -1.97. The number of hydrogen-bond acceptors (Lipinski definition) is 7. The summed E-state index contributed by atoms with van der Waals surface area (Å²) in [6.07, 6.45) is 21.9. The molecular weight excluding hydrogens is 364 g/mol. The number of para-hydroxylation sites is 1. The van der Waals surface area contributed by atoms with Crippen LogP contribution in [0.3, 0.4) is 0 Å². The van der Waals surface area contributed by atoms with Crippen molar-refractivity contribution in [3.05, 3.63) is 90.8 Å². The fourth-order valence-electron chi connectivity index (χ4n) is 1.83. The lowest BCUT2D eigenvalue weighted by atomic mass is 10.2. The topological polar surface area (TPSA) is 94.8 Å². The number of nitriles is 1. The van der Waals surface area contributed by atoms with Crippen LogP contribution in [0.1, 0.15) is 5.56 Å². The van der Waals surface area contributed by atoms with Crippen LogP contribution in [-0.2, 0) is 4.74 Å². The third-order valence-electron chi connectivity index (χ3n) is 3.08. The minimum atomic E-state index is 0.132. The molecule has 142 valence electrons. The van der Waals surface area contributed by atoms with E-state index < -0.39 is 0 Å². The molecule has 0 radical (unpaired) electrons. The number of ether oxygens (including phenoxy) is 1. The van der Waals surface area contributed by atoms with E-state index >= 15 is 0 Å². The Balaban J connectivity index is 2.19. The van der Waals surface area contributed by atoms with E-state index in [1.54, 1.807) is 49.1 Å². The maximum atomic E-state index is 9.00. The maximum absolute atomic E-state index is 9.00. The van der Waals surface area contributed by atoms with Gasteiger partial charge in [-0.25, -0.2) is 9.98 Å². The summed E-state index contributed by atoms with van der Waals surface area (Å²) in [5, 5.41) is 9.00. The Bertz CT molecular complexity index is 998. The molecular formula is C22H18N6O.